The first kappa shape index (κ1) is 19.1. The number of benzene rings is 1. The van der Waals surface area contributed by atoms with Crippen LogP contribution in [-0.4, -0.2) is 24.9 Å². The van der Waals surface area contributed by atoms with Crippen LogP contribution < -0.4 is 5.73 Å². The molecule has 0 aliphatic carbocycles. The van der Waals surface area contributed by atoms with E-state index in [2.05, 4.69) is 50.3 Å². The van der Waals surface area contributed by atoms with Crippen LogP contribution in [0.1, 0.15) is 24.2 Å². The van der Waals surface area contributed by atoms with Crippen molar-refractivity contribution in [3.8, 4) is 33.9 Å². The van der Waals surface area contributed by atoms with Crippen LogP contribution in [0, 0.1) is 6.92 Å². The highest BCUT2D eigenvalue weighted by Gasteiger charge is 2.14. The van der Waals surface area contributed by atoms with E-state index in [9.17, 15) is 0 Å². The molecular formula is C25H22N6. The number of nitrogens with zero attached hydrogens (tertiary/aromatic N) is 4. The lowest BCUT2D eigenvalue weighted by molar-refractivity contribution is 0.818. The molecule has 0 fully saturated rings. The second-order valence-corrected chi connectivity index (χ2v) is 7.67. The third kappa shape index (κ3) is 3.69. The Kier molecular flexibility index (Phi) is 4.76. The molecule has 0 aliphatic heterocycles. The largest absolute Gasteiger partial charge is 0.346 e. The number of fused-ring (bicyclic) bond motifs is 1. The van der Waals surface area contributed by atoms with Gasteiger partial charge in [0.1, 0.15) is 11.3 Å². The monoisotopic (exact) mass is 406 g/mol. The maximum atomic E-state index is 5.98. The van der Waals surface area contributed by atoms with E-state index < -0.39 is 0 Å². The molecule has 5 aromatic rings. The molecule has 31 heavy (non-hydrogen) atoms. The number of nitrogens with one attached hydrogen (secondary N) is 1. The molecule has 0 radical (unpaired) electrons. The number of aryl methyl sites for hydroxylation is 1. The minimum absolute atomic E-state index is 0.00931. The number of hydrogen-bond donors (Lipinski definition) is 2. The van der Waals surface area contributed by atoms with Crippen molar-refractivity contribution in [1.29, 1.82) is 0 Å². The summed E-state index contributed by atoms with van der Waals surface area (Å²) < 4.78 is 0. The van der Waals surface area contributed by atoms with Crippen molar-refractivity contribution in [1.82, 2.24) is 24.9 Å². The summed E-state index contributed by atoms with van der Waals surface area (Å²) in [4.78, 5) is 21.8. The smallest absolute Gasteiger partial charge is 0.180 e. The molecule has 5 rings (SSSR count). The minimum atomic E-state index is 0.00931. The van der Waals surface area contributed by atoms with Crippen molar-refractivity contribution in [3.63, 3.8) is 0 Å². The fourth-order valence-electron chi connectivity index (χ4n) is 3.65. The maximum Gasteiger partial charge on any atom is 0.180 e. The van der Waals surface area contributed by atoms with Crippen molar-refractivity contribution in [3.05, 3.63) is 84.4 Å². The highest BCUT2D eigenvalue weighted by molar-refractivity contribution is 5.92. The molecule has 4 heterocycles. The van der Waals surface area contributed by atoms with Gasteiger partial charge in [0, 0.05) is 46.8 Å². The van der Waals surface area contributed by atoms with E-state index in [4.69, 9.17) is 10.7 Å². The predicted octanol–water partition coefficient (Wildman–Crippen LogP) is 5.08. The second kappa shape index (κ2) is 7.74. The number of H-pyrrole nitrogens is 1. The van der Waals surface area contributed by atoms with Gasteiger partial charge in [0.15, 0.2) is 5.82 Å². The van der Waals surface area contributed by atoms with Crippen LogP contribution in [0.15, 0.2) is 73.2 Å². The average Bonchev–Trinajstić information content (AvgIpc) is 3.27. The predicted molar refractivity (Wildman–Crippen MR) is 123 cm³/mol. The van der Waals surface area contributed by atoms with Crippen LogP contribution in [0.5, 0.6) is 0 Å². The van der Waals surface area contributed by atoms with Gasteiger partial charge in [0.05, 0.1) is 5.69 Å². The molecule has 0 aliphatic rings. The van der Waals surface area contributed by atoms with E-state index in [0.29, 0.717) is 5.82 Å². The van der Waals surface area contributed by atoms with E-state index in [-0.39, 0.29) is 6.04 Å². The van der Waals surface area contributed by atoms with Gasteiger partial charge in [-0.15, -0.1) is 0 Å². The molecule has 0 bridgehead atoms. The van der Waals surface area contributed by atoms with Crippen molar-refractivity contribution in [2.24, 2.45) is 5.73 Å². The second-order valence-electron chi connectivity index (χ2n) is 7.67. The Morgan fingerprint density at radius 2 is 1.68 bits per heavy atom. The quantitative estimate of drug-likeness (QED) is 0.434. The summed E-state index contributed by atoms with van der Waals surface area (Å²) in [5.74, 6) is 0.584. The summed E-state index contributed by atoms with van der Waals surface area (Å²) in [6, 6.07) is 18.2. The molecule has 1 aromatic carbocycles. The Morgan fingerprint density at radius 3 is 2.45 bits per heavy atom. The minimum Gasteiger partial charge on any atom is -0.346 e. The van der Waals surface area contributed by atoms with Gasteiger partial charge in [-0.25, -0.2) is 15.0 Å². The lowest BCUT2D eigenvalue weighted by Crippen LogP contribution is -2.04. The van der Waals surface area contributed by atoms with E-state index in [1.165, 1.54) is 0 Å². The highest BCUT2D eigenvalue weighted by Crippen LogP contribution is 2.30. The van der Waals surface area contributed by atoms with Gasteiger partial charge in [-0.1, -0.05) is 30.3 Å². The zero-order valence-electron chi connectivity index (χ0n) is 17.4. The molecule has 6 nitrogen and oxygen atoms in total. The Morgan fingerprint density at radius 1 is 0.871 bits per heavy atom. The van der Waals surface area contributed by atoms with Crippen LogP contribution in [0.3, 0.4) is 0 Å². The van der Waals surface area contributed by atoms with Gasteiger partial charge in [0.25, 0.3) is 0 Å². The first-order valence-electron chi connectivity index (χ1n) is 10.2. The van der Waals surface area contributed by atoms with Crippen molar-refractivity contribution in [2.75, 3.05) is 0 Å². The molecule has 152 valence electrons. The number of rotatable bonds is 4. The van der Waals surface area contributed by atoms with Crippen molar-refractivity contribution < 1.29 is 0 Å². The van der Waals surface area contributed by atoms with Gasteiger partial charge in [-0.3, -0.25) is 4.98 Å². The molecule has 3 N–H and O–H groups in total. The lowest BCUT2D eigenvalue weighted by Gasteiger charge is -2.10. The van der Waals surface area contributed by atoms with Gasteiger partial charge in [0.2, 0.25) is 0 Å². The number of hydrogen-bond acceptors (Lipinski definition) is 5. The number of pyridine rings is 2. The van der Waals surface area contributed by atoms with Crippen LogP contribution in [0.25, 0.3) is 44.9 Å². The number of aromatic amines is 1. The lowest BCUT2D eigenvalue weighted by atomic mass is 10.0. The Hall–Kier alpha value is -3.90. The molecule has 6 heteroatoms. The van der Waals surface area contributed by atoms with Gasteiger partial charge in [-0.05, 0) is 49.2 Å². The fourth-order valence-corrected chi connectivity index (χ4v) is 3.65. The molecular weight excluding hydrogens is 384 g/mol. The summed E-state index contributed by atoms with van der Waals surface area (Å²) in [5.41, 5.74) is 13.4. The number of aromatic nitrogens is 5. The Labute approximate surface area is 180 Å². The molecule has 4 aromatic heterocycles. The first-order valence-corrected chi connectivity index (χ1v) is 10.2. The Bertz CT molecular complexity index is 1370. The standard InChI is InChI=1S/C25H22N6/c1-15-4-3-5-22(29-15)25-30-23(21-10-11-28-24(21)31-25)20-12-19(13-27-14-20)18-8-6-17(7-9-18)16(2)26/h3-14,16H,26H2,1-2H3,(H,28,30,31). The third-order valence-corrected chi connectivity index (χ3v) is 5.31. The SMILES string of the molecule is Cc1cccc(-c2nc(-c3cncc(-c4ccc(C(C)N)cc4)c3)c3cc[nH]c3n2)n1. The van der Waals surface area contributed by atoms with Gasteiger partial charge < -0.3 is 10.7 Å². The fraction of sp³-hybridized carbons (Fsp3) is 0.120. The molecule has 0 saturated carbocycles. The summed E-state index contributed by atoms with van der Waals surface area (Å²) in [7, 11) is 0. The third-order valence-electron chi connectivity index (χ3n) is 5.31. The van der Waals surface area contributed by atoms with Crippen molar-refractivity contribution in [2.45, 2.75) is 19.9 Å². The van der Waals surface area contributed by atoms with E-state index >= 15 is 0 Å². The summed E-state index contributed by atoms with van der Waals surface area (Å²) >= 11 is 0. The molecule has 0 spiro atoms. The molecule has 1 atom stereocenters. The average molecular weight is 406 g/mol. The van der Waals surface area contributed by atoms with Crippen LogP contribution >= 0.6 is 0 Å². The zero-order chi connectivity index (χ0) is 21.4. The zero-order valence-corrected chi connectivity index (χ0v) is 17.4. The van der Waals surface area contributed by atoms with E-state index in [0.717, 1.165) is 50.4 Å². The molecule has 0 saturated heterocycles. The van der Waals surface area contributed by atoms with E-state index in [1.54, 1.807) is 0 Å². The van der Waals surface area contributed by atoms with Crippen molar-refractivity contribution >= 4 is 11.0 Å². The Balaban J connectivity index is 1.62. The van der Waals surface area contributed by atoms with Gasteiger partial charge in [-0.2, -0.15) is 0 Å². The summed E-state index contributed by atoms with van der Waals surface area (Å²) in [5, 5.41) is 0.947. The van der Waals surface area contributed by atoms with Crippen LogP contribution in [0.2, 0.25) is 0 Å². The summed E-state index contributed by atoms with van der Waals surface area (Å²) in [6.07, 6.45) is 5.57. The van der Waals surface area contributed by atoms with Gasteiger partial charge >= 0.3 is 0 Å². The normalized spacial score (nSPS) is 12.2. The van der Waals surface area contributed by atoms with Crippen LogP contribution in [0.4, 0.5) is 0 Å². The highest BCUT2D eigenvalue weighted by atomic mass is 15.0. The molecule has 0 amide bonds. The first-order chi connectivity index (χ1) is 15.1. The number of nitrogens with two attached hydrogens (primary N) is 1. The maximum absolute atomic E-state index is 5.98. The summed E-state index contributed by atoms with van der Waals surface area (Å²) in [6.45, 7) is 3.94. The topological polar surface area (TPSA) is 93.4 Å². The van der Waals surface area contributed by atoms with E-state index in [1.807, 2.05) is 56.7 Å². The van der Waals surface area contributed by atoms with Crippen LogP contribution in [-0.2, 0) is 0 Å². The molecule has 1 unspecified atom stereocenters.